The minimum Gasteiger partial charge on any atom is -0.353 e. The number of rotatable bonds is 4. The Morgan fingerprint density at radius 1 is 1.08 bits per heavy atom. The molecule has 1 saturated carbocycles. The lowest BCUT2D eigenvalue weighted by Crippen LogP contribution is -2.51. The number of piperidine rings is 1. The van der Waals surface area contributed by atoms with Crippen LogP contribution < -0.4 is 10.6 Å². The molecule has 0 aromatic heterocycles. The molecule has 1 aromatic rings. The summed E-state index contributed by atoms with van der Waals surface area (Å²) < 4.78 is 0. The largest absolute Gasteiger partial charge is 0.353 e. The summed E-state index contributed by atoms with van der Waals surface area (Å²) in [6, 6.07) is 10.1. The second-order valence-electron chi connectivity index (χ2n) is 7.81. The fraction of sp³-hybridized carbons (Fsp3) is 0.619. The Balaban J connectivity index is 1.48. The monoisotopic (exact) mass is 357 g/mol. The number of carbonyl (C=O) groups excluding carboxylic acids is 2. The lowest BCUT2D eigenvalue weighted by Gasteiger charge is -2.35. The molecule has 3 rings (SSSR count). The van der Waals surface area contributed by atoms with Crippen LogP contribution in [0.25, 0.3) is 0 Å². The molecule has 1 aromatic carbocycles. The lowest BCUT2D eigenvalue weighted by molar-refractivity contribution is -0.127. The minimum atomic E-state index is -0.0830. The molecule has 1 heterocycles. The van der Waals surface area contributed by atoms with Gasteiger partial charge >= 0.3 is 6.03 Å². The van der Waals surface area contributed by atoms with E-state index in [0.717, 1.165) is 31.4 Å². The van der Waals surface area contributed by atoms with E-state index in [1.54, 1.807) is 4.90 Å². The molecule has 1 saturated heterocycles. The molecular weight excluding hydrogens is 326 g/mol. The maximum Gasteiger partial charge on any atom is 0.317 e. The van der Waals surface area contributed by atoms with Crippen LogP contribution in [0.2, 0.25) is 0 Å². The van der Waals surface area contributed by atoms with Crippen molar-refractivity contribution in [3.63, 3.8) is 0 Å². The van der Waals surface area contributed by atoms with Crippen molar-refractivity contribution in [1.82, 2.24) is 15.5 Å². The first-order valence-electron chi connectivity index (χ1n) is 10.0. The maximum absolute atomic E-state index is 12.7. The van der Waals surface area contributed by atoms with E-state index >= 15 is 0 Å². The number of carbonyl (C=O) groups is 2. The zero-order valence-electron chi connectivity index (χ0n) is 15.7. The van der Waals surface area contributed by atoms with Gasteiger partial charge in [-0.15, -0.1) is 0 Å². The van der Waals surface area contributed by atoms with Crippen molar-refractivity contribution < 1.29 is 9.59 Å². The third-order valence-corrected chi connectivity index (χ3v) is 5.81. The predicted molar refractivity (Wildman–Crippen MR) is 103 cm³/mol. The molecule has 0 spiro atoms. The molecule has 2 aliphatic rings. The summed E-state index contributed by atoms with van der Waals surface area (Å²) in [7, 11) is 0. The first-order chi connectivity index (χ1) is 12.6. The van der Waals surface area contributed by atoms with E-state index in [9.17, 15) is 9.59 Å². The fourth-order valence-corrected chi connectivity index (χ4v) is 4.09. The highest BCUT2D eigenvalue weighted by molar-refractivity contribution is 5.81. The van der Waals surface area contributed by atoms with Crippen LogP contribution in [0, 0.1) is 11.8 Å². The first kappa shape index (κ1) is 18.7. The van der Waals surface area contributed by atoms with Crippen molar-refractivity contribution in [3.8, 4) is 0 Å². The van der Waals surface area contributed by atoms with Crippen LogP contribution in [0.1, 0.15) is 51.0 Å². The number of nitrogens with one attached hydrogen (secondary N) is 2. The number of hydrogen-bond acceptors (Lipinski definition) is 2. The second-order valence-corrected chi connectivity index (χ2v) is 7.81. The second kappa shape index (κ2) is 9.06. The molecule has 142 valence electrons. The van der Waals surface area contributed by atoms with E-state index in [1.165, 1.54) is 19.3 Å². The molecule has 3 amide bonds. The Morgan fingerprint density at radius 2 is 1.85 bits per heavy atom. The van der Waals surface area contributed by atoms with Gasteiger partial charge in [0, 0.05) is 25.7 Å². The van der Waals surface area contributed by atoms with Crippen LogP contribution >= 0.6 is 0 Å². The number of benzene rings is 1. The van der Waals surface area contributed by atoms with Gasteiger partial charge in [0.05, 0.1) is 5.92 Å². The average molecular weight is 357 g/mol. The fourth-order valence-electron chi connectivity index (χ4n) is 4.09. The SMILES string of the molecule is CC1CCCCC1NC(=O)C1CCCN(C(=O)NCc2ccccc2)C1. The van der Waals surface area contributed by atoms with Gasteiger partial charge in [0.2, 0.25) is 5.91 Å². The Morgan fingerprint density at radius 3 is 2.62 bits per heavy atom. The van der Waals surface area contributed by atoms with Crippen LogP contribution in [0.4, 0.5) is 4.79 Å². The van der Waals surface area contributed by atoms with Gasteiger partial charge < -0.3 is 15.5 Å². The van der Waals surface area contributed by atoms with Crippen LogP contribution in [0.15, 0.2) is 30.3 Å². The summed E-state index contributed by atoms with van der Waals surface area (Å²) in [6.45, 7) is 4.00. The van der Waals surface area contributed by atoms with Gasteiger partial charge in [-0.05, 0) is 37.2 Å². The number of urea groups is 1. The van der Waals surface area contributed by atoms with Crippen molar-refractivity contribution >= 4 is 11.9 Å². The number of nitrogens with zero attached hydrogens (tertiary/aromatic N) is 1. The molecular formula is C21H31N3O2. The molecule has 3 unspecified atom stereocenters. The summed E-state index contributed by atoms with van der Waals surface area (Å²) in [5.74, 6) is 0.603. The highest BCUT2D eigenvalue weighted by Gasteiger charge is 2.31. The summed E-state index contributed by atoms with van der Waals surface area (Å²) in [5, 5.41) is 6.23. The summed E-state index contributed by atoms with van der Waals surface area (Å²) in [5.41, 5.74) is 1.08. The molecule has 1 aliphatic heterocycles. The van der Waals surface area contributed by atoms with E-state index in [2.05, 4.69) is 17.6 Å². The van der Waals surface area contributed by atoms with Gasteiger partial charge in [-0.3, -0.25) is 4.79 Å². The van der Waals surface area contributed by atoms with Crippen molar-refractivity contribution in [1.29, 1.82) is 0 Å². The van der Waals surface area contributed by atoms with Crippen LogP contribution in [-0.2, 0) is 11.3 Å². The Hall–Kier alpha value is -2.04. The van der Waals surface area contributed by atoms with Crippen LogP contribution in [0.5, 0.6) is 0 Å². The minimum absolute atomic E-state index is 0.0719. The Bertz CT molecular complexity index is 605. The highest BCUT2D eigenvalue weighted by atomic mass is 16.2. The molecule has 1 aliphatic carbocycles. The van der Waals surface area contributed by atoms with E-state index in [-0.39, 0.29) is 17.9 Å². The summed E-state index contributed by atoms with van der Waals surface area (Å²) in [4.78, 5) is 26.9. The molecule has 0 bridgehead atoms. The number of hydrogen-bond donors (Lipinski definition) is 2. The molecule has 2 N–H and O–H groups in total. The molecule has 3 atom stereocenters. The van der Waals surface area contributed by atoms with Gasteiger partial charge in [0.1, 0.15) is 0 Å². The quantitative estimate of drug-likeness (QED) is 0.868. The van der Waals surface area contributed by atoms with Crippen LogP contribution in [-0.4, -0.2) is 36.0 Å². The Kier molecular flexibility index (Phi) is 6.53. The summed E-state index contributed by atoms with van der Waals surface area (Å²) in [6.07, 6.45) is 6.51. The van der Waals surface area contributed by atoms with Gasteiger partial charge in [-0.25, -0.2) is 4.79 Å². The zero-order valence-corrected chi connectivity index (χ0v) is 15.7. The first-order valence-corrected chi connectivity index (χ1v) is 10.0. The molecule has 0 radical (unpaired) electrons. The number of amides is 3. The Labute approximate surface area is 156 Å². The average Bonchev–Trinajstić information content (AvgIpc) is 2.69. The maximum atomic E-state index is 12.7. The molecule has 5 nitrogen and oxygen atoms in total. The third kappa shape index (κ3) is 4.99. The van der Waals surface area contributed by atoms with Crippen molar-refractivity contribution in [3.05, 3.63) is 35.9 Å². The zero-order chi connectivity index (χ0) is 18.4. The van der Waals surface area contributed by atoms with Crippen molar-refractivity contribution in [2.75, 3.05) is 13.1 Å². The standard InChI is InChI=1S/C21H31N3O2/c1-16-8-5-6-12-19(16)23-20(25)18-11-7-13-24(15-18)21(26)22-14-17-9-3-2-4-10-17/h2-4,9-10,16,18-19H,5-8,11-15H2,1H3,(H,22,26)(H,23,25). The molecule has 2 fully saturated rings. The number of likely N-dealkylation sites (tertiary alicyclic amines) is 1. The predicted octanol–water partition coefficient (Wildman–Crippen LogP) is 3.30. The van der Waals surface area contributed by atoms with Gasteiger partial charge in [-0.1, -0.05) is 50.1 Å². The normalized spacial score (nSPS) is 26.2. The smallest absolute Gasteiger partial charge is 0.317 e. The van der Waals surface area contributed by atoms with Crippen molar-refractivity contribution in [2.24, 2.45) is 11.8 Å². The molecule has 5 heteroatoms. The van der Waals surface area contributed by atoms with E-state index in [1.807, 2.05) is 30.3 Å². The van der Waals surface area contributed by atoms with Crippen LogP contribution in [0.3, 0.4) is 0 Å². The van der Waals surface area contributed by atoms with Gasteiger partial charge in [-0.2, -0.15) is 0 Å². The highest BCUT2D eigenvalue weighted by Crippen LogP contribution is 2.25. The van der Waals surface area contributed by atoms with Gasteiger partial charge in [0.25, 0.3) is 0 Å². The van der Waals surface area contributed by atoms with E-state index in [0.29, 0.717) is 25.0 Å². The van der Waals surface area contributed by atoms with E-state index < -0.39 is 0 Å². The molecule has 26 heavy (non-hydrogen) atoms. The topological polar surface area (TPSA) is 61.4 Å². The summed E-state index contributed by atoms with van der Waals surface area (Å²) >= 11 is 0. The lowest BCUT2D eigenvalue weighted by atomic mass is 9.85. The van der Waals surface area contributed by atoms with E-state index in [4.69, 9.17) is 0 Å². The van der Waals surface area contributed by atoms with Crippen molar-refractivity contribution in [2.45, 2.75) is 58.0 Å². The van der Waals surface area contributed by atoms with Gasteiger partial charge in [0.15, 0.2) is 0 Å². The third-order valence-electron chi connectivity index (χ3n) is 5.81.